The minimum absolute atomic E-state index is 0.0911. The summed E-state index contributed by atoms with van der Waals surface area (Å²) in [5.74, 6) is 0.720. The van der Waals surface area contributed by atoms with Crippen LogP contribution in [-0.4, -0.2) is 27.0 Å². The van der Waals surface area contributed by atoms with Crippen LogP contribution in [0.4, 0.5) is 0 Å². The fourth-order valence-electron chi connectivity index (χ4n) is 2.31. The molecule has 1 fully saturated rings. The van der Waals surface area contributed by atoms with Gasteiger partial charge in [0.1, 0.15) is 11.8 Å². The minimum Gasteiger partial charge on any atom is -0.495 e. The summed E-state index contributed by atoms with van der Waals surface area (Å²) in [4.78, 5) is 0. The normalized spacial score (nSPS) is 22.7. The van der Waals surface area contributed by atoms with E-state index in [1.165, 1.54) is 7.11 Å². The van der Waals surface area contributed by atoms with E-state index in [1.54, 1.807) is 18.2 Å². The van der Waals surface area contributed by atoms with Crippen molar-refractivity contribution in [2.75, 3.05) is 18.6 Å². The monoisotopic (exact) mass is 299 g/mol. The van der Waals surface area contributed by atoms with Crippen molar-refractivity contribution < 1.29 is 13.2 Å². The molecule has 0 spiro atoms. The van der Waals surface area contributed by atoms with Crippen LogP contribution in [0.2, 0.25) is 0 Å². The van der Waals surface area contributed by atoms with Gasteiger partial charge in [-0.05, 0) is 30.0 Å². The molecule has 1 aromatic rings. The molecule has 2 atom stereocenters. The van der Waals surface area contributed by atoms with E-state index in [2.05, 4.69) is 0 Å². The molecule has 0 aliphatic carbocycles. The second-order valence-corrected chi connectivity index (χ2v) is 7.34. The van der Waals surface area contributed by atoms with Crippen LogP contribution in [0.3, 0.4) is 0 Å². The average Bonchev–Trinajstić information content (AvgIpc) is 2.77. The van der Waals surface area contributed by atoms with E-state index in [9.17, 15) is 8.42 Å². The van der Waals surface area contributed by atoms with Crippen molar-refractivity contribution in [2.24, 2.45) is 5.92 Å². The second-order valence-electron chi connectivity index (χ2n) is 4.64. The molecule has 4 nitrogen and oxygen atoms in total. The Morgan fingerprint density at radius 1 is 1.53 bits per heavy atom. The highest BCUT2D eigenvalue weighted by atomic mass is 35.5. The van der Waals surface area contributed by atoms with Crippen LogP contribution in [0.1, 0.15) is 22.9 Å². The number of nitriles is 1. The molecule has 1 aliphatic heterocycles. The number of hydrogen-bond donors (Lipinski definition) is 0. The summed E-state index contributed by atoms with van der Waals surface area (Å²) >= 11 is 6.35. The first-order chi connectivity index (χ1) is 8.96. The Hall–Kier alpha value is -1.25. The molecule has 102 valence electrons. The molecule has 19 heavy (non-hydrogen) atoms. The number of rotatable bonds is 3. The summed E-state index contributed by atoms with van der Waals surface area (Å²) in [5, 5.41) is 8.64. The zero-order valence-corrected chi connectivity index (χ0v) is 12.0. The highest BCUT2D eigenvalue weighted by Crippen LogP contribution is 2.37. The number of sulfone groups is 1. The van der Waals surface area contributed by atoms with Crippen LogP contribution >= 0.6 is 11.6 Å². The van der Waals surface area contributed by atoms with Gasteiger partial charge in [0.2, 0.25) is 0 Å². The first kappa shape index (κ1) is 14.2. The Balaban J connectivity index is 2.25. The van der Waals surface area contributed by atoms with Crippen LogP contribution in [0.5, 0.6) is 5.75 Å². The molecule has 2 rings (SSSR count). The van der Waals surface area contributed by atoms with Crippen LogP contribution in [-0.2, 0) is 9.84 Å². The Bertz CT molecular complexity index is 621. The van der Waals surface area contributed by atoms with E-state index in [-0.39, 0.29) is 17.4 Å². The van der Waals surface area contributed by atoms with Crippen molar-refractivity contribution in [3.8, 4) is 11.8 Å². The van der Waals surface area contributed by atoms with E-state index in [1.807, 2.05) is 6.07 Å². The largest absolute Gasteiger partial charge is 0.495 e. The molecule has 1 heterocycles. The lowest BCUT2D eigenvalue weighted by Crippen LogP contribution is -2.10. The highest BCUT2D eigenvalue weighted by molar-refractivity contribution is 7.91. The molecule has 2 unspecified atom stereocenters. The summed E-state index contributed by atoms with van der Waals surface area (Å²) in [6, 6.07) is 7.18. The zero-order chi connectivity index (χ0) is 14.0. The van der Waals surface area contributed by atoms with Gasteiger partial charge in [-0.1, -0.05) is 6.07 Å². The van der Waals surface area contributed by atoms with Crippen molar-refractivity contribution in [3.05, 3.63) is 29.3 Å². The van der Waals surface area contributed by atoms with Crippen molar-refractivity contribution in [1.82, 2.24) is 0 Å². The van der Waals surface area contributed by atoms with Gasteiger partial charge in [0.25, 0.3) is 0 Å². The maximum atomic E-state index is 11.5. The summed E-state index contributed by atoms with van der Waals surface area (Å²) in [6.45, 7) is 0. The molecule has 1 aromatic carbocycles. The van der Waals surface area contributed by atoms with Gasteiger partial charge in [0, 0.05) is 0 Å². The third-order valence-corrected chi connectivity index (χ3v) is 5.75. The van der Waals surface area contributed by atoms with E-state index in [0.717, 1.165) is 5.56 Å². The fraction of sp³-hybridized carbons (Fsp3) is 0.462. The summed E-state index contributed by atoms with van der Waals surface area (Å²) in [6.07, 6.45) is 0.574. The number of nitrogens with zero attached hydrogens (tertiary/aromatic N) is 1. The number of hydrogen-bond acceptors (Lipinski definition) is 4. The van der Waals surface area contributed by atoms with Gasteiger partial charge in [-0.3, -0.25) is 0 Å². The van der Waals surface area contributed by atoms with Crippen LogP contribution in [0, 0.1) is 17.2 Å². The lowest BCUT2D eigenvalue weighted by molar-refractivity contribution is 0.413. The van der Waals surface area contributed by atoms with Crippen molar-refractivity contribution >= 4 is 21.4 Å². The van der Waals surface area contributed by atoms with Gasteiger partial charge >= 0.3 is 0 Å². The molecule has 0 bridgehead atoms. The molecule has 0 aromatic heterocycles. The van der Waals surface area contributed by atoms with E-state index < -0.39 is 15.2 Å². The summed E-state index contributed by atoms with van der Waals surface area (Å²) < 4.78 is 28.0. The fourth-order valence-corrected chi connectivity index (χ4v) is 4.61. The van der Waals surface area contributed by atoms with E-state index in [0.29, 0.717) is 17.7 Å². The third-order valence-electron chi connectivity index (χ3n) is 3.34. The van der Waals surface area contributed by atoms with Gasteiger partial charge in [0.15, 0.2) is 9.84 Å². The molecule has 0 amide bonds. The van der Waals surface area contributed by atoms with Crippen molar-refractivity contribution in [3.63, 3.8) is 0 Å². The molecular formula is C13H14ClNO3S. The lowest BCUT2D eigenvalue weighted by atomic mass is 9.97. The Kier molecular flexibility index (Phi) is 4.02. The van der Waals surface area contributed by atoms with Crippen LogP contribution < -0.4 is 4.74 Å². The number of methoxy groups -OCH3 is 1. The second kappa shape index (κ2) is 5.40. The third kappa shape index (κ3) is 3.02. The molecule has 1 aliphatic rings. The van der Waals surface area contributed by atoms with Crippen molar-refractivity contribution in [2.45, 2.75) is 11.8 Å². The number of alkyl halides is 1. The predicted octanol–water partition coefficient (Wildman–Crippen LogP) is 2.28. The van der Waals surface area contributed by atoms with Gasteiger partial charge < -0.3 is 4.74 Å². The van der Waals surface area contributed by atoms with E-state index in [4.69, 9.17) is 21.6 Å². The zero-order valence-electron chi connectivity index (χ0n) is 10.5. The summed E-state index contributed by atoms with van der Waals surface area (Å²) in [7, 11) is -1.45. The van der Waals surface area contributed by atoms with Gasteiger partial charge in [-0.2, -0.15) is 5.26 Å². The quantitative estimate of drug-likeness (QED) is 0.803. The van der Waals surface area contributed by atoms with E-state index >= 15 is 0 Å². The molecule has 6 heteroatoms. The topological polar surface area (TPSA) is 67.2 Å². The average molecular weight is 300 g/mol. The summed E-state index contributed by atoms with van der Waals surface area (Å²) in [5.41, 5.74) is 1.17. The molecule has 0 N–H and O–H groups in total. The Labute approximate surface area is 117 Å². The molecule has 0 radical (unpaired) electrons. The van der Waals surface area contributed by atoms with Gasteiger partial charge in [-0.25, -0.2) is 8.42 Å². The first-order valence-electron chi connectivity index (χ1n) is 5.89. The number of halogens is 1. The molecule has 1 saturated heterocycles. The maximum Gasteiger partial charge on any atom is 0.150 e. The SMILES string of the molecule is COc1ccc(C(Cl)C2CCS(=O)(=O)C2)cc1C#N. The van der Waals surface area contributed by atoms with Crippen LogP contribution in [0.25, 0.3) is 0 Å². The predicted molar refractivity (Wildman–Crippen MR) is 73.1 cm³/mol. The van der Waals surface area contributed by atoms with Crippen LogP contribution in [0.15, 0.2) is 18.2 Å². The lowest BCUT2D eigenvalue weighted by Gasteiger charge is -2.16. The maximum absolute atomic E-state index is 11.5. The molecule has 0 saturated carbocycles. The molecular weight excluding hydrogens is 286 g/mol. The van der Waals surface area contributed by atoms with Gasteiger partial charge in [0.05, 0.1) is 29.6 Å². The van der Waals surface area contributed by atoms with Crippen molar-refractivity contribution in [1.29, 1.82) is 5.26 Å². The Morgan fingerprint density at radius 2 is 2.26 bits per heavy atom. The highest BCUT2D eigenvalue weighted by Gasteiger charge is 2.33. The minimum atomic E-state index is -2.95. The van der Waals surface area contributed by atoms with Gasteiger partial charge in [-0.15, -0.1) is 11.6 Å². The smallest absolute Gasteiger partial charge is 0.150 e. The Morgan fingerprint density at radius 3 is 2.79 bits per heavy atom. The number of ether oxygens (including phenoxy) is 1. The number of benzene rings is 1. The standard InChI is InChI=1S/C13H14ClNO3S/c1-18-12-3-2-9(6-11(12)7-15)13(14)10-4-5-19(16,17)8-10/h2-3,6,10,13H,4-5,8H2,1H3. The first-order valence-corrected chi connectivity index (χ1v) is 8.15.